The van der Waals surface area contributed by atoms with E-state index in [1.807, 2.05) is 6.08 Å². The van der Waals surface area contributed by atoms with Crippen molar-refractivity contribution >= 4 is 17.4 Å². The van der Waals surface area contributed by atoms with Gasteiger partial charge in [0.05, 0.1) is 11.8 Å². The van der Waals surface area contributed by atoms with Gasteiger partial charge in [-0.1, -0.05) is 42.9 Å². The second-order valence-corrected chi connectivity index (χ2v) is 8.16. The van der Waals surface area contributed by atoms with Crippen molar-refractivity contribution in [2.24, 2.45) is 5.92 Å². The molecule has 2 nitrogen and oxygen atoms in total. The summed E-state index contributed by atoms with van der Waals surface area (Å²) < 4.78 is 5.44. The maximum Gasteiger partial charge on any atom is 0.116 e. The first-order chi connectivity index (χ1) is 12.6. The molecule has 0 N–H and O–H groups in total. The number of nitrogens with zero attached hydrogens (tertiary/aromatic N) is 1. The van der Waals surface area contributed by atoms with Crippen LogP contribution >= 0.6 is 11.3 Å². The van der Waals surface area contributed by atoms with Gasteiger partial charge in [0.1, 0.15) is 5.01 Å². The lowest BCUT2D eigenvalue weighted by Crippen LogP contribution is -2.08. The molecule has 3 heteroatoms. The fourth-order valence-corrected chi connectivity index (χ4v) is 3.78. The third-order valence-electron chi connectivity index (χ3n) is 4.93. The van der Waals surface area contributed by atoms with Crippen LogP contribution < -0.4 is 0 Å². The molecule has 1 saturated carbocycles. The third kappa shape index (κ3) is 7.43. The lowest BCUT2D eigenvalue weighted by Gasteiger charge is -2.12. The number of hydrogen-bond donors (Lipinski definition) is 0. The average Bonchev–Trinajstić information content (AvgIpc) is 3.18. The highest BCUT2D eigenvalue weighted by molar-refractivity contribution is 7.10. The van der Waals surface area contributed by atoms with Crippen LogP contribution in [0.2, 0.25) is 0 Å². The monoisotopic (exact) mass is 371 g/mol. The highest BCUT2D eigenvalue weighted by atomic mass is 32.1. The number of unbranched alkanes of at least 4 members (excludes halogenated alkanes) is 1. The molecule has 1 aromatic heterocycles. The van der Waals surface area contributed by atoms with Crippen LogP contribution in [-0.4, -0.2) is 18.2 Å². The van der Waals surface area contributed by atoms with Crippen molar-refractivity contribution in [2.45, 2.75) is 64.4 Å². The first-order valence-corrected chi connectivity index (χ1v) is 10.6. The van der Waals surface area contributed by atoms with E-state index in [4.69, 9.17) is 9.72 Å². The van der Waals surface area contributed by atoms with Crippen molar-refractivity contribution in [1.29, 1.82) is 0 Å². The summed E-state index contributed by atoms with van der Waals surface area (Å²) >= 11 is 1.76. The van der Waals surface area contributed by atoms with Gasteiger partial charge in [0.15, 0.2) is 0 Å². The van der Waals surface area contributed by atoms with Gasteiger partial charge in [-0.15, -0.1) is 17.9 Å². The first-order valence-electron chi connectivity index (χ1n) is 9.72. The minimum atomic E-state index is 0.291. The average molecular weight is 372 g/mol. The van der Waals surface area contributed by atoms with Gasteiger partial charge < -0.3 is 4.74 Å². The summed E-state index contributed by atoms with van der Waals surface area (Å²) in [6.45, 7) is 8.27. The Kier molecular flexibility index (Phi) is 9.07. The van der Waals surface area contributed by atoms with Crippen molar-refractivity contribution in [3.63, 3.8) is 0 Å². The Morgan fingerprint density at radius 1 is 1.42 bits per heavy atom. The number of rotatable bonds is 12. The van der Waals surface area contributed by atoms with E-state index in [1.54, 1.807) is 18.4 Å². The molecule has 0 aromatic carbocycles. The Balaban J connectivity index is 1.62. The maximum atomic E-state index is 5.44. The molecule has 0 saturated heterocycles. The summed E-state index contributed by atoms with van der Waals surface area (Å²) in [6.07, 6.45) is 19.7. The topological polar surface area (TPSA) is 22.1 Å². The zero-order chi connectivity index (χ0) is 18.8. The van der Waals surface area contributed by atoms with E-state index in [1.165, 1.54) is 17.7 Å². The van der Waals surface area contributed by atoms with Crippen LogP contribution in [-0.2, 0) is 4.74 Å². The highest BCUT2D eigenvalue weighted by Crippen LogP contribution is 2.46. The minimum absolute atomic E-state index is 0.291. The molecule has 26 heavy (non-hydrogen) atoms. The fraction of sp³-hybridized carbons (Fsp3) is 0.522. The highest BCUT2D eigenvalue weighted by Gasteiger charge is 2.35. The van der Waals surface area contributed by atoms with E-state index in [0.717, 1.165) is 48.9 Å². The molecule has 0 aliphatic heterocycles. The molecular weight excluding hydrogens is 338 g/mol. The van der Waals surface area contributed by atoms with Crippen LogP contribution in [0.5, 0.6) is 0 Å². The molecule has 1 fully saturated rings. The zero-order valence-electron chi connectivity index (χ0n) is 16.5. The number of aromatic nitrogens is 1. The van der Waals surface area contributed by atoms with Crippen LogP contribution in [0.3, 0.4) is 0 Å². The molecule has 2 rings (SSSR count). The lowest BCUT2D eigenvalue weighted by atomic mass is 10.1. The van der Waals surface area contributed by atoms with Crippen molar-refractivity contribution in [3.8, 4) is 0 Å². The van der Waals surface area contributed by atoms with Crippen molar-refractivity contribution in [1.82, 2.24) is 4.98 Å². The van der Waals surface area contributed by atoms with Crippen molar-refractivity contribution in [2.75, 3.05) is 7.11 Å². The van der Waals surface area contributed by atoms with E-state index in [2.05, 4.69) is 56.2 Å². The number of thiazole rings is 1. The summed E-state index contributed by atoms with van der Waals surface area (Å²) in [5.74, 6) is 1.56. The Labute approximate surface area is 163 Å². The third-order valence-corrected chi connectivity index (χ3v) is 5.76. The smallest absolute Gasteiger partial charge is 0.116 e. The molecule has 2 unspecified atom stereocenters. The number of allylic oxidation sites excluding steroid dienone is 5. The second-order valence-electron chi connectivity index (χ2n) is 7.27. The SMILES string of the molecule is C=CCC(CC/C(C)=C/C=C/CC/C=C\c1nc(C2C[C@@H]2C)cs1)OC. The summed E-state index contributed by atoms with van der Waals surface area (Å²) in [5.41, 5.74) is 2.69. The van der Waals surface area contributed by atoms with Gasteiger partial charge in [-0.2, -0.15) is 0 Å². The summed E-state index contributed by atoms with van der Waals surface area (Å²) in [4.78, 5) is 4.72. The molecule has 1 aliphatic carbocycles. The number of hydrogen-bond acceptors (Lipinski definition) is 3. The standard InChI is InChI=1S/C23H33NOS/c1-5-11-20(25-4)15-14-18(2)12-9-7-6-8-10-13-23-24-22(17-26-23)21-16-19(21)3/h5,7,9-10,12-13,17,19-21H,1,6,8,11,14-16H2,2-4H3/b9-7+,13-10-,18-12+/t19-,20?,21?/m0/s1. The Morgan fingerprint density at radius 2 is 2.19 bits per heavy atom. The van der Waals surface area contributed by atoms with E-state index < -0.39 is 0 Å². The van der Waals surface area contributed by atoms with Gasteiger partial charge in [-0.25, -0.2) is 4.98 Å². The summed E-state index contributed by atoms with van der Waals surface area (Å²) in [5, 5.41) is 3.37. The number of methoxy groups -OCH3 is 1. The summed E-state index contributed by atoms with van der Waals surface area (Å²) in [7, 11) is 1.78. The molecule has 0 bridgehead atoms. The predicted molar refractivity (Wildman–Crippen MR) is 115 cm³/mol. The Morgan fingerprint density at radius 3 is 2.88 bits per heavy atom. The van der Waals surface area contributed by atoms with Gasteiger partial charge >= 0.3 is 0 Å². The van der Waals surface area contributed by atoms with Gasteiger partial charge in [0, 0.05) is 18.4 Å². The number of ether oxygens (including phenoxy) is 1. The van der Waals surface area contributed by atoms with Crippen LogP contribution in [0.15, 0.2) is 47.9 Å². The Hall–Kier alpha value is -1.45. The van der Waals surface area contributed by atoms with E-state index in [9.17, 15) is 0 Å². The zero-order valence-corrected chi connectivity index (χ0v) is 17.3. The molecule has 1 heterocycles. The quantitative estimate of drug-likeness (QED) is 0.226. The molecule has 0 spiro atoms. The molecule has 0 radical (unpaired) electrons. The van der Waals surface area contributed by atoms with Crippen molar-refractivity contribution in [3.05, 3.63) is 58.6 Å². The maximum absolute atomic E-state index is 5.44. The lowest BCUT2D eigenvalue weighted by molar-refractivity contribution is 0.0981. The van der Waals surface area contributed by atoms with Crippen LogP contribution in [0.4, 0.5) is 0 Å². The van der Waals surface area contributed by atoms with Gasteiger partial charge in [-0.3, -0.25) is 0 Å². The molecule has 1 aromatic rings. The Bertz CT molecular complexity index is 640. The minimum Gasteiger partial charge on any atom is -0.381 e. The van der Waals surface area contributed by atoms with Crippen molar-refractivity contribution < 1.29 is 4.74 Å². The fourth-order valence-electron chi connectivity index (χ4n) is 2.98. The molecule has 1 aliphatic rings. The van der Waals surface area contributed by atoms with Crippen LogP contribution in [0.25, 0.3) is 6.08 Å². The largest absolute Gasteiger partial charge is 0.381 e. The van der Waals surface area contributed by atoms with Crippen LogP contribution in [0.1, 0.15) is 69.0 Å². The first kappa shape index (κ1) is 20.9. The van der Waals surface area contributed by atoms with E-state index in [0.29, 0.717) is 6.10 Å². The van der Waals surface area contributed by atoms with E-state index in [-0.39, 0.29) is 0 Å². The van der Waals surface area contributed by atoms with Crippen LogP contribution in [0, 0.1) is 5.92 Å². The predicted octanol–water partition coefficient (Wildman–Crippen LogP) is 6.93. The molecular formula is C23H33NOS. The van der Waals surface area contributed by atoms with Gasteiger partial charge in [0.25, 0.3) is 0 Å². The van der Waals surface area contributed by atoms with E-state index >= 15 is 0 Å². The molecule has 142 valence electrons. The normalized spacial score (nSPS) is 21.6. The second kappa shape index (κ2) is 11.3. The molecule has 3 atom stereocenters. The van der Waals surface area contributed by atoms with Gasteiger partial charge in [-0.05, 0) is 57.4 Å². The van der Waals surface area contributed by atoms with Gasteiger partial charge in [0.2, 0.25) is 0 Å². The summed E-state index contributed by atoms with van der Waals surface area (Å²) in [6, 6.07) is 0. The molecule has 0 amide bonds.